The predicted octanol–water partition coefficient (Wildman–Crippen LogP) is 5.40. The first-order chi connectivity index (χ1) is 12.8. The molecule has 124 valence electrons. The molecule has 0 fully saturated rings. The van der Waals surface area contributed by atoms with Crippen molar-refractivity contribution in [2.75, 3.05) is 5.73 Å². The Hall–Kier alpha value is -3.59. The number of imidazole rings is 1. The van der Waals surface area contributed by atoms with Crippen molar-refractivity contribution in [2.24, 2.45) is 0 Å². The highest BCUT2D eigenvalue weighted by molar-refractivity contribution is 5.99. The number of hydrogen-bond donors (Lipinski definition) is 1. The molecule has 26 heavy (non-hydrogen) atoms. The Kier molecular flexibility index (Phi) is 3.25. The van der Waals surface area contributed by atoms with Crippen molar-refractivity contribution in [3.8, 4) is 22.5 Å². The van der Waals surface area contributed by atoms with Crippen molar-refractivity contribution < 1.29 is 0 Å². The number of nitrogens with two attached hydrogens (primary N) is 1. The van der Waals surface area contributed by atoms with E-state index in [0.717, 1.165) is 38.9 Å². The summed E-state index contributed by atoms with van der Waals surface area (Å²) in [5.74, 6) is 0.687. The lowest BCUT2D eigenvalue weighted by molar-refractivity contribution is 1.22. The standard InChI is InChI=1S/C23H17N3/c24-20-15-18-13-7-8-14-19(18)23-25-21(16-9-3-1-4-10-16)22(26(20)23)17-11-5-2-6-12-17/h1-15H,24H2. The van der Waals surface area contributed by atoms with Crippen molar-refractivity contribution in [1.29, 1.82) is 0 Å². The number of nitrogens with zero attached hydrogens (tertiary/aromatic N) is 2. The number of nitrogen functional groups attached to an aromatic ring is 1. The second-order valence-corrected chi connectivity index (χ2v) is 6.36. The monoisotopic (exact) mass is 335 g/mol. The lowest BCUT2D eigenvalue weighted by Gasteiger charge is -2.09. The van der Waals surface area contributed by atoms with Crippen LogP contribution < -0.4 is 5.73 Å². The second-order valence-electron chi connectivity index (χ2n) is 6.36. The van der Waals surface area contributed by atoms with Crippen LogP contribution in [-0.2, 0) is 0 Å². The number of pyridine rings is 1. The van der Waals surface area contributed by atoms with Gasteiger partial charge < -0.3 is 5.73 Å². The Labute approximate surface area is 151 Å². The lowest BCUT2D eigenvalue weighted by atomic mass is 10.0. The largest absolute Gasteiger partial charge is 0.385 e. The van der Waals surface area contributed by atoms with Crippen LogP contribution in [0, 0.1) is 0 Å². The van der Waals surface area contributed by atoms with Gasteiger partial charge in [0.1, 0.15) is 11.5 Å². The average molecular weight is 335 g/mol. The number of fused-ring (bicyclic) bond motifs is 3. The van der Waals surface area contributed by atoms with Gasteiger partial charge in [0.25, 0.3) is 0 Å². The van der Waals surface area contributed by atoms with E-state index in [1.165, 1.54) is 0 Å². The second kappa shape index (κ2) is 5.74. The Balaban J connectivity index is 1.98. The number of rotatable bonds is 2. The lowest BCUT2D eigenvalue weighted by Crippen LogP contribution is -1.99. The minimum absolute atomic E-state index is 0.687. The quantitative estimate of drug-likeness (QED) is 0.469. The molecule has 2 aromatic heterocycles. The third-order valence-electron chi connectivity index (χ3n) is 4.74. The molecule has 3 nitrogen and oxygen atoms in total. The van der Waals surface area contributed by atoms with Crippen molar-refractivity contribution in [3.63, 3.8) is 0 Å². The van der Waals surface area contributed by atoms with Gasteiger partial charge in [0.15, 0.2) is 0 Å². The van der Waals surface area contributed by atoms with E-state index in [9.17, 15) is 0 Å². The average Bonchev–Trinajstić information content (AvgIpc) is 3.11. The smallest absolute Gasteiger partial charge is 0.147 e. The molecule has 0 saturated carbocycles. The normalized spacial score (nSPS) is 11.2. The molecule has 0 spiro atoms. The topological polar surface area (TPSA) is 43.3 Å². The summed E-state index contributed by atoms with van der Waals surface area (Å²) in [6.45, 7) is 0. The summed E-state index contributed by atoms with van der Waals surface area (Å²) in [6, 6.07) is 30.8. The summed E-state index contributed by atoms with van der Waals surface area (Å²) < 4.78 is 2.07. The van der Waals surface area contributed by atoms with E-state index in [-0.39, 0.29) is 0 Å². The van der Waals surface area contributed by atoms with Gasteiger partial charge in [0.2, 0.25) is 0 Å². The highest BCUT2D eigenvalue weighted by Crippen LogP contribution is 2.36. The summed E-state index contributed by atoms with van der Waals surface area (Å²) in [4.78, 5) is 5.03. The zero-order valence-corrected chi connectivity index (χ0v) is 14.1. The molecule has 0 saturated heterocycles. The minimum Gasteiger partial charge on any atom is -0.385 e. The number of anilines is 1. The Bertz CT molecular complexity index is 1220. The minimum atomic E-state index is 0.687. The van der Waals surface area contributed by atoms with E-state index in [1.54, 1.807) is 0 Å². The van der Waals surface area contributed by atoms with Crippen molar-refractivity contribution in [1.82, 2.24) is 9.38 Å². The molecule has 5 aromatic rings. The summed E-state index contributed by atoms with van der Waals surface area (Å²) >= 11 is 0. The molecule has 3 aromatic carbocycles. The zero-order valence-electron chi connectivity index (χ0n) is 14.1. The first kappa shape index (κ1) is 14.7. The van der Waals surface area contributed by atoms with Crippen molar-refractivity contribution >= 4 is 22.2 Å². The maximum Gasteiger partial charge on any atom is 0.147 e. The maximum atomic E-state index is 6.47. The van der Waals surface area contributed by atoms with E-state index in [1.807, 2.05) is 54.6 Å². The van der Waals surface area contributed by atoms with Gasteiger partial charge in [-0.1, -0.05) is 84.9 Å². The molecule has 0 amide bonds. The van der Waals surface area contributed by atoms with Crippen LogP contribution in [0.3, 0.4) is 0 Å². The Morgan fingerprint density at radius 1 is 0.692 bits per heavy atom. The first-order valence-corrected chi connectivity index (χ1v) is 8.63. The number of aromatic nitrogens is 2. The van der Waals surface area contributed by atoms with Crippen LogP contribution in [0.1, 0.15) is 0 Å². The van der Waals surface area contributed by atoms with E-state index in [4.69, 9.17) is 10.7 Å². The predicted molar refractivity (Wildman–Crippen MR) is 108 cm³/mol. The molecule has 0 atom stereocenters. The molecular formula is C23H17N3. The van der Waals surface area contributed by atoms with E-state index >= 15 is 0 Å². The fourth-order valence-electron chi connectivity index (χ4n) is 3.56. The molecule has 5 rings (SSSR count). The van der Waals surface area contributed by atoms with Crippen LogP contribution in [0.2, 0.25) is 0 Å². The van der Waals surface area contributed by atoms with Gasteiger partial charge in [-0.15, -0.1) is 0 Å². The molecular weight excluding hydrogens is 318 g/mol. The molecule has 3 heteroatoms. The number of hydrogen-bond acceptors (Lipinski definition) is 2. The van der Waals surface area contributed by atoms with Crippen LogP contribution in [0.25, 0.3) is 38.9 Å². The third kappa shape index (κ3) is 2.18. The molecule has 0 aliphatic rings. The molecule has 0 radical (unpaired) electrons. The van der Waals surface area contributed by atoms with Gasteiger partial charge in [0.05, 0.1) is 11.4 Å². The fraction of sp³-hybridized carbons (Fsp3) is 0. The van der Waals surface area contributed by atoms with Crippen LogP contribution >= 0.6 is 0 Å². The van der Waals surface area contributed by atoms with E-state index in [0.29, 0.717) is 5.82 Å². The van der Waals surface area contributed by atoms with Crippen LogP contribution in [-0.4, -0.2) is 9.38 Å². The number of benzene rings is 3. The molecule has 0 unspecified atom stereocenters. The molecule has 0 bridgehead atoms. The molecule has 2 heterocycles. The highest BCUT2D eigenvalue weighted by Gasteiger charge is 2.19. The summed E-state index contributed by atoms with van der Waals surface area (Å²) in [5, 5.41) is 2.20. The van der Waals surface area contributed by atoms with Crippen LogP contribution in [0.15, 0.2) is 91.0 Å². The SMILES string of the molecule is Nc1cc2ccccc2c2nc(-c3ccccc3)c(-c3ccccc3)n12. The van der Waals surface area contributed by atoms with E-state index in [2.05, 4.69) is 40.8 Å². The summed E-state index contributed by atoms with van der Waals surface area (Å²) in [5.41, 5.74) is 11.5. The fourth-order valence-corrected chi connectivity index (χ4v) is 3.56. The van der Waals surface area contributed by atoms with Crippen LogP contribution in [0.4, 0.5) is 5.82 Å². The Morgan fingerprint density at radius 3 is 2.04 bits per heavy atom. The maximum absolute atomic E-state index is 6.47. The Morgan fingerprint density at radius 2 is 1.31 bits per heavy atom. The van der Waals surface area contributed by atoms with Gasteiger partial charge in [0, 0.05) is 16.5 Å². The summed E-state index contributed by atoms with van der Waals surface area (Å²) in [6.07, 6.45) is 0. The van der Waals surface area contributed by atoms with Gasteiger partial charge in [-0.25, -0.2) is 4.98 Å². The molecule has 2 N–H and O–H groups in total. The first-order valence-electron chi connectivity index (χ1n) is 8.63. The van der Waals surface area contributed by atoms with Gasteiger partial charge in [-0.05, 0) is 11.5 Å². The third-order valence-corrected chi connectivity index (χ3v) is 4.74. The van der Waals surface area contributed by atoms with Gasteiger partial charge >= 0.3 is 0 Å². The summed E-state index contributed by atoms with van der Waals surface area (Å²) in [7, 11) is 0. The highest BCUT2D eigenvalue weighted by atomic mass is 15.1. The van der Waals surface area contributed by atoms with Crippen LogP contribution in [0.5, 0.6) is 0 Å². The van der Waals surface area contributed by atoms with Gasteiger partial charge in [-0.3, -0.25) is 4.40 Å². The van der Waals surface area contributed by atoms with Gasteiger partial charge in [-0.2, -0.15) is 0 Å². The van der Waals surface area contributed by atoms with Crippen molar-refractivity contribution in [3.05, 3.63) is 91.0 Å². The molecule has 0 aliphatic carbocycles. The van der Waals surface area contributed by atoms with E-state index < -0.39 is 0 Å². The molecule has 0 aliphatic heterocycles. The zero-order chi connectivity index (χ0) is 17.5. The van der Waals surface area contributed by atoms with Crippen molar-refractivity contribution in [2.45, 2.75) is 0 Å².